The molecule has 0 aliphatic rings. The van der Waals surface area contributed by atoms with Crippen LogP contribution in [0.1, 0.15) is 27.0 Å². The summed E-state index contributed by atoms with van der Waals surface area (Å²) in [6.07, 6.45) is 0.401. The van der Waals surface area contributed by atoms with Crippen molar-refractivity contribution in [3.8, 4) is 0 Å². The monoisotopic (exact) mass is 271 g/mol. The van der Waals surface area contributed by atoms with Crippen LogP contribution < -0.4 is 0 Å². The standard InChI is InChI=1S/C15H13NO4/c1-10-3-2-4-11(7-10)8-12-5-6-13(15(17)18)9-14(12)16(19)20/h2-7,9H,8H2,1H3,(H,17,18). The average Bonchev–Trinajstić information content (AvgIpc) is 2.38. The summed E-state index contributed by atoms with van der Waals surface area (Å²) in [7, 11) is 0. The fraction of sp³-hybridized carbons (Fsp3) is 0.133. The van der Waals surface area contributed by atoms with Crippen LogP contribution in [0.3, 0.4) is 0 Å². The van der Waals surface area contributed by atoms with Crippen molar-refractivity contribution in [2.24, 2.45) is 0 Å². The Balaban J connectivity index is 2.41. The molecule has 0 aliphatic heterocycles. The van der Waals surface area contributed by atoms with Crippen LogP contribution in [0.25, 0.3) is 0 Å². The Labute approximate surface area is 115 Å². The van der Waals surface area contributed by atoms with E-state index < -0.39 is 10.9 Å². The maximum atomic E-state index is 11.1. The van der Waals surface area contributed by atoms with Gasteiger partial charge in [-0.15, -0.1) is 0 Å². The SMILES string of the molecule is Cc1cccc(Cc2ccc(C(=O)O)cc2[N+](=O)[O-])c1. The molecule has 5 nitrogen and oxygen atoms in total. The Morgan fingerprint density at radius 2 is 2.00 bits per heavy atom. The molecule has 0 spiro atoms. The summed E-state index contributed by atoms with van der Waals surface area (Å²) in [5.74, 6) is -1.17. The molecule has 2 aromatic carbocycles. The van der Waals surface area contributed by atoms with E-state index in [1.54, 1.807) is 0 Å². The lowest BCUT2D eigenvalue weighted by atomic mass is 10.0. The number of carbonyl (C=O) groups is 1. The lowest BCUT2D eigenvalue weighted by Gasteiger charge is -2.05. The number of benzene rings is 2. The van der Waals surface area contributed by atoms with Crippen molar-refractivity contribution in [2.75, 3.05) is 0 Å². The van der Waals surface area contributed by atoms with Gasteiger partial charge in [0.2, 0.25) is 0 Å². The number of carboxylic acid groups (broad SMARTS) is 1. The van der Waals surface area contributed by atoms with Gasteiger partial charge >= 0.3 is 5.97 Å². The van der Waals surface area contributed by atoms with Crippen LogP contribution in [0.5, 0.6) is 0 Å². The largest absolute Gasteiger partial charge is 0.478 e. The molecule has 0 amide bonds. The van der Waals surface area contributed by atoms with E-state index in [1.807, 2.05) is 31.2 Å². The molecule has 102 valence electrons. The average molecular weight is 271 g/mol. The van der Waals surface area contributed by atoms with E-state index >= 15 is 0 Å². The van der Waals surface area contributed by atoms with Crippen molar-refractivity contribution in [2.45, 2.75) is 13.3 Å². The van der Waals surface area contributed by atoms with Gasteiger partial charge < -0.3 is 5.11 Å². The first-order valence-electron chi connectivity index (χ1n) is 6.03. The van der Waals surface area contributed by atoms with Crippen molar-refractivity contribution in [1.29, 1.82) is 0 Å². The Hall–Kier alpha value is -2.69. The second-order valence-electron chi connectivity index (χ2n) is 4.57. The predicted molar refractivity (Wildman–Crippen MR) is 74.0 cm³/mol. The highest BCUT2D eigenvalue weighted by atomic mass is 16.6. The van der Waals surface area contributed by atoms with Crippen molar-refractivity contribution in [3.05, 3.63) is 74.8 Å². The molecule has 0 aliphatic carbocycles. The van der Waals surface area contributed by atoms with Gasteiger partial charge in [-0.2, -0.15) is 0 Å². The highest BCUT2D eigenvalue weighted by Crippen LogP contribution is 2.23. The van der Waals surface area contributed by atoms with Crippen molar-refractivity contribution in [3.63, 3.8) is 0 Å². The Bertz CT molecular complexity index is 679. The van der Waals surface area contributed by atoms with Gasteiger partial charge in [0.15, 0.2) is 0 Å². The summed E-state index contributed by atoms with van der Waals surface area (Å²) < 4.78 is 0. The van der Waals surface area contributed by atoms with Crippen LogP contribution in [-0.2, 0) is 6.42 Å². The second-order valence-corrected chi connectivity index (χ2v) is 4.57. The van der Waals surface area contributed by atoms with Crippen LogP contribution in [-0.4, -0.2) is 16.0 Å². The third-order valence-electron chi connectivity index (χ3n) is 3.01. The van der Waals surface area contributed by atoms with Crippen LogP contribution in [0.15, 0.2) is 42.5 Å². The summed E-state index contributed by atoms with van der Waals surface area (Å²) in [6, 6.07) is 11.7. The van der Waals surface area contributed by atoms with Gasteiger partial charge in [0.1, 0.15) is 0 Å². The molecule has 0 atom stereocenters. The molecule has 0 heterocycles. The highest BCUT2D eigenvalue weighted by molar-refractivity contribution is 5.88. The molecule has 5 heteroatoms. The molecule has 20 heavy (non-hydrogen) atoms. The summed E-state index contributed by atoms with van der Waals surface area (Å²) in [5, 5.41) is 20.0. The Morgan fingerprint density at radius 1 is 1.25 bits per heavy atom. The molecule has 0 radical (unpaired) electrons. The molecule has 2 rings (SSSR count). The number of nitro groups is 1. The summed E-state index contributed by atoms with van der Waals surface area (Å²) >= 11 is 0. The van der Waals surface area contributed by atoms with Gasteiger partial charge in [-0.05, 0) is 18.6 Å². The number of carboxylic acids is 1. The fourth-order valence-electron chi connectivity index (χ4n) is 2.06. The minimum absolute atomic E-state index is 0.0790. The van der Waals surface area contributed by atoms with Crippen LogP contribution in [0.2, 0.25) is 0 Å². The number of hydrogen-bond acceptors (Lipinski definition) is 3. The van der Waals surface area contributed by atoms with Crippen molar-refractivity contribution < 1.29 is 14.8 Å². The van der Waals surface area contributed by atoms with Crippen LogP contribution in [0, 0.1) is 17.0 Å². The molecular formula is C15H13NO4. The molecule has 0 bridgehead atoms. The Morgan fingerprint density at radius 3 is 2.60 bits per heavy atom. The van der Waals surface area contributed by atoms with E-state index in [9.17, 15) is 14.9 Å². The van der Waals surface area contributed by atoms with E-state index in [0.29, 0.717) is 12.0 Å². The van der Waals surface area contributed by atoms with E-state index in [2.05, 4.69) is 0 Å². The van der Waals surface area contributed by atoms with Gasteiger partial charge in [-0.3, -0.25) is 10.1 Å². The van der Waals surface area contributed by atoms with E-state index in [4.69, 9.17) is 5.11 Å². The number of aromatic carboxylic acids is 1. The Kier molecular flexibility index (Phi) is 3.79. The molecular weight excluding hydrogens is 258 g/mol. The number of nitro benzene ring substituents is 1. The highest BCUT2D eigenvalue weighted by Gasteiger charge is 2.17. The summed E-state index contributed by atoms with van der Waals surface area (Å²) in [6.45, 7) is 1.95. The molecule has 0 saturated heterocycles. The maximum Gasteiger partial charge on any atom is 0.335 e. The maximum absolute atomic E-state index is 11.1. The first-order chi connectivity index (χ1) is 9.47. The van der Waals surface area contributed by atoms with Crippen molar-refractivity contribution >= 4 is 11.7 Å². The molecule has 1 N–H and O–H groups in total. The molecule has 0 unspecified atom stereocenters. The van der Waals surface area contributed by atoms with Gasteiger partial charge in [0.25, 0.3) is 5.69 Å². The topological polar surface area (TPSA) is 80.4 Å². The third kappa shape index (κ3) is 3.00. The second kappa shape index (κ2) is 5.52. The zero-order valence-corrected chi connectivity index (χ0v) is 10.9. The first kappa shape index (κ1) is 13.7. The van der Waals surface area contributed by atoms with E-state index in [0.717, 1.165) is 17.2 Å². The molecule has 0 fully saturated rings. The fourth-order valence-corrected chi connectivity index (χ4v) is 2.06. The minimum Gasteiger partial charge on any atom is -0.478 e. The van der Waals surface area contributed by atoms with Crippen LogP contribution >= 0.6 is 0 Å². The number of hydrogen-bond donors (Lipinski definition) is 1. The van der Waals surface area contributed by atoms with Gasteiger partial charge in [-0.25, -0.2) is 4.79 Å². The quantitative estimate of drug-likeness (QED) is 0.684. The van der Waals surface area contributed by atoms with E-state index in [-0.39, 0.29) is 11.3 Å². The predicted octanol–water partition coefficient (Wildman–Crippen LogP) is 3.19. The third-order valence-corrected chi connectivity index (χ3v) is 3.01. The zero-order chi connectivity index (χ0) is 14.7. The van der Waals surface area contributed by atoms with E-state index in [1.165, 1.54) is 12.1 Å². The summed E-state index contributed by atoms with van der Waals surface area (Å²) in [4.78, 5) is 21.4. The smallest absolute Gasteiger partial charge is 0.335 e. The molecule has 2 aromatic rings. The van der Waals surface area contributed by atoms with Crippen LogP contribution in [0.4, 0.5) is 5.69 Å². The lowest BCUT2D eigenvalue weighted by molar-refractivity contribution is -0.385. The molecule has 0 aromatic heterocycles. The summed E-state index contributed by atoms with van der Waals surface area (Å²) in [5.41, 5.74) is 2.30. The number of nitrogens with zero attached hydrogens (tertiary/aromatic N) is 1. The van der Waals surface area contributed by atoms with Gasteiger partial charge in [0, 0.05) is 18.1 Å². The normalized spacial score (nSPS) is 10.2. The van der Waals surface area contributed by atoms with Gasteiger partial charge in [0.05, 0.1) is 10.5 Å². The number of rotatable bonds is 4. The zero-order valence-electron chi connectivity index (χ0n) is 10.9. The minimum atomic E-state index is -1.17. The van der Waals surface area contributed by atoms with Crippen molar-refractivity contribution in [1.82, 2.24) is 0 Å². The van der Waals surface area contributed by atoms with Gasteiger partial charge in [-0.1, -0.05) is 35.9 Å². The number of aryl methyl sites for hydroxylation is 1. The first-order valence-corrected chi connectivity index (χ1v) is 6.03. The molecule has 0 saturated carbocycles. The lowest BCUT2D eigenvalue weighted by Crippen LogP contribution is -2.02.